The van der Waals surface area contributed by atoms with Gasteiger partial charge in [0.05, 0.1) is 11.4 Å². The second-order valence-corrected chi connectivity index (χ2v) is 4.92. The Labute approximate surface area is 86.6 Å². The molecule has 1 aromatic heterocycles. The molecule has 0 amide bonds. The molecule has 1 rings (SSSR count). The average Bonchev–Trinajstić information content (AvgIpc) is 2.50. The van der Waals surface area contributed by atoms with Crippen LogP contribution in [-0.2, 0) is 6.18 Å². The van der Waals surface area contributed by atoms with E-state index in [1.54, 1.807) is 6.92 Å². The Morgan fingerprint density at radius 2 is 2.23 bits per heavy atom. The topological polar surface area (TPSA) is 12.9 Å². The molecule has 0 spiro atoms. The molecule has 13 heavy (non-hydrogen) atoms. The first kappa shape index (κ1) is 11.2. The Morgan fingerprint density at radius 1 is 1.62 bits per heavy atom. The number of hydrogen-bond donors (Lipinski definition) is 1. The van der Waals surface area contributed by atoms with Gasteiger partial charge >= 0.3 is 6.18 Å². The Morgan fingerprint density at radius 3 is 2.62 bits per heavy atom. The molecule has 0 N–H and O–H groups in total. The maximum absolute atomic E-state index is 12.1. The predicted octanol–water partition coefficient (Wildman–Crippen LogP) is 3.80. The molecule has 1 nitrogen and oxygen atoms in total. The number of hydrogen-bond acceptors (Lipinski definition) is 4. The van der Waals surface area contributed by atoms with Crippen LogP contribution < -0.4 is 0 Å². The van der Waals surface area contributed by atoms with E-state index in [2.05, 4.69) is 16.6 Å². The lowest BCUT2D eigenvalue weighted by Gasteiger charge is -2.02. The van der Waals surface area contributed by atoms with Crippen LogP contribution in [0.5, 0.6) is 0 Å². The van der Waals surface area contributed by atoms with E-state index in [0.717, 1.165) is 6.20 Å². The minimum absolute atomic E-state index is 0.107. The highest BCUT2D eigenvalue weighted by Gasteiger charge is 2.33. The van der Waals surface area contributed by atoms with E-state index in [9.17, 15) is 13.2 Å². The lowest BCUT2D eigenvalue weighted by atomic mass is 10.5. The first-order chi connectivity index (χ1) is 5.95. The van der Waals surface area contributed by atoms with E-state index in [0.29, 0.717) is 16.3 Å². The fourth-order valence-electron chi connectivity index (χ4n) is 0.652. The lowest BCUT2D eigenvalue weighted by Crippen LogP contribution is -2.00. The number of alkyl halides is 3. The van der Waals surface area contributed by atoms with Gasteiger partial charge < -0.3 is 0 Å². The molecule has 0 saturated heterocycles. The third kappa shape index (κ3) is 2.78. The van der Waals surface area contributed by atoms with Gasteiger partial charge in [-0.05, 0) is 6.92 Å². The molecule has 7 heteroatoms. The molecule has 0 aliphatic rings. The van der Waals surface area contributed by atoms with Crippen LogP contribution in [0.3, 0.4) is 0 Å². The van der Waals surface area contributed by atoms with Gasteiger partial charge in [-0.3, -0.25) is 0 Å². The highest BCUT2D eigenvalue weighted by Crippen LogP contribution is 2.38. The summed E-state index contributed by atoms with van der Waals surface area (Å²) in [6, 6.07) is 0. The normalized spacial score (nSPS) is 14.5. The minimum atomic E-state index is -4.28. The molecule has 74 valence electrons. The second-order valence-electron chi connectivity index (χ2n) is 2.31. The highest BCUT2D eigenvalue weighted by molar-refractivity contribution is 8.68. The Hall–Kier alpha value is 0.120. The quantitative estimate of drug-likeness (QED) is 0.628. The van der Waals surface area contributed by atoms with Crippen LogP contribution in [0.1, 0.15) is 22.1 Å². The molecule has 1 aromatic rings. The van der Waals surface area contributed by atoms with Gasteiger partial charge in [0.1, 0.15) is 9.88 Å². The van der Waals surface area contributed by atoms with Gasteiger partial charge in [0.25, 0.3) is 0 Å². The Balaban J connectivity index is 2.87. The maximum Gasteiger partial charge on any atom is 0.427 e. The van der Waals surface area contributed by atoms with Crippen molar-refractivity contribution in [1.29, 1.82) is 0 Å². The molecule has 0 bridgehead atoms. The van der Waals surface area contributed by atoms with E-state index < -0.39 is 11.1 Å². The monoisotopic (exact) mass is 245 g/mol. The standard InChI is InChI=1S/C6H6F3NS3/c1-3(13-11)5-10-2-4(12-5)6(7,8)9/h2-3,11H,1H3. The van der Waals surface area contributed by atoms with Crippen LogP contribution in [0.15, 0.2) is 6.20 Å². The van der Waals surface area contributed by atoms with E-state index >= 15 is 0 Å². The molecular formula is C6H6F3NS3. The van der Waals surface area contributed by atoms with Gasteiger partial charge in [-0.25, -0.2) is 4.98 Å². The van der Waals surface area contributed by atoms with Crippen molar-refractivity contribution in [2.45, 2.75) is 18.3 Å². The Kier molecular flexibility index (Phi) is 3.53. The Bertz CT molecular complexity index is 283. The van der Waals surface area contributed by atoms with E-state index in [-0.39, 0.29) is 5.25 Å². The van der Waals surface area contributed by atoms with Crippen molar-refractivity contribution in [2.75, 3.05) is 0 Å². The number of aromatic nitrogens is 1. The fraction of sp³-hybridized carbons (Fsp3) is 0.500. The summed E-state index contributed by atoms with van der Waals surface area (Å²) in [6.45, 7) is 1.76. The van der Waals surface area contributed by atoms with Crippen LogP contribution in [-0.4, -0.2) is 4.98 Å². The van der Waals surface area contributed by atoms with E-state index in [1.807, 2.05) is 0 Å². The molecule has 0 radical (unpaired) electrons. The summed E-state index contributed by atoms with van der Waals surface area (Å²) < 4.78 is 36.3. The van der Waals surface area contributed by atoms with Crippen molar-refractivity contribution in [3.8, 4) is 0 Å². The van der Waals surface area contributed by atoms with Crippen molar-refractivity contribution in [3.63, 3.8) is 0 Å². The van der Waals surface area contributed by atoms with Crippen LogP contribution in [0.4, 0.5) is 13.2 Å². The zero-order valence-corrected chi connectivity index (χ0v) is 9.03. The van der Waals surface area contributed by atoms with Crippen molar-refractivity contribution < 1.29 is 13.2 Å². The number of thiazole rings is 1. The van der Waals surface area contributed by atoms with Crippen molar-refractivity contribution in [1.82, 2.24) is 4.98 Å². The summed E-state index contributed by atoms with van der Waals surface area (Å²) in [6.07, 6.45) is -3.42. The van der Waals surface area contributed by atoms with Gasteiger partial charge in [-0.15, -0.1) is 23.0 Å². The van der Waals surface area contributed by atoms with Crippen LogP contribution >= 0.6 is 33.8 Å². The van der Waals surface area contributed by atoms with E-state index in [4.69, 9.17) is 0 Å². The van der Waals surface area contributed by atoms with Crippen LogP contribution in [0.25, 0.3) is 0 Å². The van der Waals surface area contributed by atoms with Crippen molar-refractivity contribution in [3.05, 3.63) is 16.1 Å². The largest absolute Gasteiger partial charge is 0.427 e. The average molecular weight is 245 g/mol. The maximum atomic E-state index is 12.1. The van der Waals surface area contributed by atoms with Crippen LogP contribution in [0, 0.1) is 0 Å². The zero-order valence-electron chi connectivity index (χ0n) is 6.50. The first-order valence-corrected chi connectivity index (χ1v) is 6.03. The zero-order chi connectivity index (χ0) is 10.1. The second kappa shape index (κ2) is 4.10. The summed E-state index contributed by atoms with van der Waals surface area (Å²) in [4.78, 5) is 3.03. The highest BCUT2D eigenvalue weighted by atomic mass is 33.1. The molecule has 1 heterocycles. The lowest BCUT2D eigenvalue weighted by molar-refractivity contribution is -0.134. The van der Waals surface area contributed by atoms with Crippen molar-refractivity contribution in [2.24, 2.45) is 0 Å². The molecule has 0 saturated carbocycles. The summed E-state index contributed by atoms with van der Waals surface area (Å²) >= 11 is 4.58. The van der Waals surface area contributed by atoms with Crippen LogP contribution in [0.2, 0.25) is 0 Å². The summed E-state index contributed by atoms with van der Waals surface area (Å²) in [5.74, 6) is 0. The number of halogens is 3. The molecule has 0 aromatic carbocycles. The third-order valence-corrected chi connectivity index (χ3v) is 4.17. The van der Waals surface area contributed by atoms with Gasteiger partial charge in [0, 0.05) is 0 Å². The molecule has 1 atom stereocenters. The van der Waals surface area contributed by atoms with E-state index in [1.165, 1.54) is 10.8 Å². The first-order valence-electron chi connectivity index (χ1n) is 3.28. The molecule has 0 aliphatic heterocycles. The summed E-state index contributed by atoms with van der Waals surface area (Å²) in [5, 5.41) is 0.344. The SMILES string of the molecule is CC(SS)c1ncc(C(F)(F)F)s1. The molecule has 1 unspecified atom stereocenters. The fourth-order valence-corrected chi connectivity index (χ4v) is 2.32. The smallest absolute Gasteiger partial charge is 0.248 e. The van der Waals surface area contributed by atoms with Gasteiger partial charge in [0.15, 0.2) is 0 Å². The van der Waals surface area contributed by atoms with Gasteiger partial charge in [-0.1, -0.05) is 10.8 Å². The number of thiol groups is 1. The number of rotatable bonds is 2. The summed E-state index contributed by atoms with van der Waals surface area (Å²) in [7, 11) is 1.18. The molecule has 0 aliphatic carbocycles. The van der Waals surface area contributed by atoms with Gasteiger partial charge in [0.2, 0.25) is 0 Å². The van der Waals surface area contributed by atoms with Crippen molar-refractivity contribution >= 4 is 33.8 Å². The molecule has 0 fully saturated rings. The predicted molar refractivity (Wildman–Crippen MR) is 52.1 cm³/mol. The minimum Gasteiger partial charge on any atom is -0.248 e. The summed E-state index contributed by atoms with van der Waals surface area (Å²) in [5.41, 5.74) is 0. The van der Waals surface area contributed by atoms with Gasteiger partial charge in [-0.2, -0.15) is 13.2 Å². The number of nitrogens with zero attached hydrogens (tertiary/aromatic N) is 1. The third-order valence-electron chi connectivity index (χ3n) is 1.31. The molecular weight excluding hydrogens is 239 g/mol.